The van der Waals surface area contributed by atoms with Gasteiger partial charge in [-0.05, 0) is 45.2 Å². The van der Waals surface area contributed by atoms with Gasteiger partial charge in [-0.1, -0.05) is 6.92 Å². The van der Waals surface area contributed by atoms with Crippen LogP contribution in [0.3, 0.4) is 0 Å². The largest absolute Gasteiger partial charge is 0.444 e. The Kier molecular flexibility index (Phi) is 5.63. The van der Waals surface area contributed by atoms with Gasteiger partial charge in [0, 0.05) is 12.1 Å². The van der Waals surface area contributed by atoms with Crippen LogP contribution >= 0.6 is 0 Å². The second kappa shape index (κ2) is 6.83. The Balaban J connectivity index is 2.75. The highest BCUT2D eigenvalue weighted by Gasteiger charge is 2.20. The fourth-order valence-corrected chi connectivity index (χ4v) is 1.76. The lowest BCUT2D eigenvalue weighted by atomic mass is 10.0. The molecule has 0 aliphatic heterocycles. The highest BCUT2D eigenvalue weighted by Crippen LogP contribution is 2.16. The average Bonchev–Trinajstić information content (AvgIpc) is 2.32. The Bertz CT molecular complexity index is 512. The predicted molar refractivity (Wildman–Crippen MR) is 73.5 cm³/mol. The van der Waals surface area contributed by atoms with Gasteiger partial charge in [-0.15, -0.1) is 0 Å². The van der Waals surface area contributed by atoms with Crippen LogP contribution in [0.2, 0.25) is 0 Å². The van der Waals surface area contributed by atoms with Crippen LogP contribution in [0.5, 0.6) is 0 Å². The number of benzene rings is 1. The molecular formula is C15H20F3NO2. The van der Waals surface area contributed by atoms with Crippen LogP contribution < -0.4 is 5.32 Å². The lowest BCUT2D eigenvalue weighted by molar-refractivity contribution is 0.0502. The van der Waals surface area contributed by atoms with Crippen molar-refractivity contribution in [2.24, 2.45) is 0 Å². The Morgan fingerprint density at radius 3 is 2.29 bits per heavy atom. The molecule has 0 radical (unpaired) electrons. The number of hydrogen-bond donors (Lipinski definition) is 1. The van der Waals surface area contributed by atoms with Crippen LogP contribution in [0.4, 0.5) is 18.0 Å². The first kappa shape index (κ1) is 17.3. The number of carbonyl (C=O) groups excluding carboxylic acids is 1. The first-order chi connectivity index (χ1) is 9.62. The molecule has 0 spiro atoms. The maximum atomic E-state index is 13.6. The Labute approximate surface area is 122 Å². The van der Waals surface area contributed by atoms with Crippen molar-refractivity contribution in [1.29, 1.82) is 0 Å². The maximum Gasteiger partial charge on any atom is 0.407 e. The zero-order valence-corrected chi connectivity index (χ0v) is 12.6. The van der Waals surface area contributed by atoms with E-state index in [2.05, 4.69) is 5.32 Å². The molecule has 0 saturated carbocycles. The molecule has 6 heteroatoms. The second-order valence-corrected chi connectivity index (χ2v) is 5.81. The summed E-state index contributed by atoms with van der Waals surface area (Å²) in [5, 5.41) is 2.59. The minimum absolute atomic E-state index is 0.0109. The number of rotatable bonds is 4. The molecule has 0 aromatic heterocycles. The first-order valence-corrected chi connectivity index (χ1v) is 6.75. The summed E-state index contributed by atoms with van der Waals surface area (Å²) in [7, 11) is 0. The highest BCUT2D eigenvalue weighted by atomic mass is 19.2. The summed E-state index contributed by atoms with van der Waals surface area (Å²) >= 11 is 0. The summed E-state index contributed by atoms with van der Waals surface area (Å²) in [5.74, 6) is -3.18. The van der Waals surface area contributed by atoms with Crippen LogP contribution in [0, 0.1) is 17.5 Å². The van der Waals surface area contributed by atoms with Crippen LogP contribution in [0.15, 0.2) is 12.1 Å². The topological polar surface area (TPSA) is 38.3 Å². The van der Waals surface area contributed by atoms with Crippen LogP contribution in [-0.4, -0.2) is 17.7 Å². The van der Waals surface area contributed by atoms with Crippen molar-refractivity contribution in [3.8, 4) is 0 Å². The van der Waals surface area contributed by atoms with Gasteiger partial charge in [-0.25, -0.2) is 18.0 Å². The quantitative estimate of drug-likeness (QED) is 0.855. The zero-order chi connectivity index (χ0) is 16.2. The smallest absolute Gasteiger partial charge is 0.407 e. The molecule has 1 atom stereocenters. The van der Waals surface area contributed by atoms with E-state index in [0.717, 1.165) is 6.07 Å². The average molecular weight is 303 g/mol. The molecule has 21 heavy (non-hydrogen) atoms. The van der Waals surface area contributed by atoms with Gasteiger partial charge >= 0.3 is 6.09 Å². The van der Waals surface area contributed by atoms with E-state index in [9.17, 15) is 18.0 Å². The third-order valence-electron chi connectivity index (χ3n) is 2.77. The first-order valence-electron chi connectivity index (χ1n) is 6.75. The number of hydrogen-bond acceptors (Lipinski definition) is 2. The molecule has 0 aliphatic rings. The van der Waals surface area contributed by atoms with Gasteiger partial charge in [-0.2, -0.15) is 0 Å². The van der Waals surface area contributed by atoms with E-state index < -0.39 is 35.2 Å². The SMILES string of the molecule is CC[C@@H](Cc1cc(F)c(F)cc1F)NC(=O)OC(C)(C)C. The Morgan fingerprint density at radius 2 is 1.76 bits per heavy atom. The fourth-order valence-electron chi connectivity index (χ4n) is 1.76. The maximum absolute atomic E-state index is 13.6. The van der Waals surface area contributed by atoms with E-state index in [0.29, 0.717) is 12.5 Å². The van der Waals surface area contributed by atoms with Gasteiger partial charge in [0.2, 0.25) is 0 Å². The van der Waals surface area contributed by atoms with Gasteiger partial charge < -0.3 is 10.1 Å². The van der Waals surface area contributed by atoms with Crippen molar-refractivity contribution in [3.05, 3.63) is 35.1 Å². The molecule has 0 saturated heterocycles. The highest BCUT2D eigenvalue weighted by molar-refractivity contribution is 5.68. The van der Waals surface area contributed by atoms with Gasteiger partial charge in [0.25, 0.3) is 0 Å². The fraction of sp³-hybridized carbons (Fsp3) is 0.533. The number of amides is 1. The molecular weight excluding hydrogens is 283 g/mol. The third-order valence-corrected chi connectivity index (χ3v) is 2.77. The molecule has 1 rings (SSSR count). The number of carbonyl (C=O) groups is 1. The predicted octanol–water partition coefficient (Wildman–Crippen LogP) is 3.95. The molecule has 118 valence electrons. The van der Waals surface area contributed by atoms with E-state index in [1.165, 1.54) is 0 Å². The molecule has 0 unspecified atom stereocenters. The van der Waals surface area contributed by atoms with Gasteiger partial charge in [0.05, 0.1) is 0 Å². The summed E-state index contributed by atoms with van der Waals surface area (Å²) in [6.07, 6.45) is -0.0754. The standard InChI is InChI=1S/C15H20F3NO2/c1-5-10(19-14(20)21-15(2,3)4)6-9-7-12(17)13(18)8-11(9)16/h7-8,10H,5-6H2,1-4H3,(H,19,20)/t10-/m0/s1. The number of nitrogens with one attached hydrogen (secondary N) is 1. The van der Waals surface area contributed by atoms with Crippen molar-refractivity contribution in [3.63, 3.8) is 0 Å². The Morgan fingerprint density at radius 1 is 1.19 bits per heavy atom. The zero-order valence-electron chi connectivity index (χ0n) is 12.6. The minimum Gasteiger partial charge on any atom is -0.444 e. The van der Waals surface area contributed by atoms with Crippen molar-refractivity contribution in [1.82, 2.24) is 5.32 Å². The van der Waals surface area contributed by atoms with Crippen LogP contribution in [0.25, 0.3) is 0 Å². The summed E-state index contributed by atoms with van der Waals surface area (Å²) in [6.45, 7) is 6.97. The van der Waals surface area contributed by atoms with Crippen molar-refractivity contribution in [2.75, 3.05) is 0 Å². The molecule has 0 bridgehead atoms. The minimum atomic E-state index is -1.23. The number of alkyl carbamates (subject to hydrolysis) is 1. The molecule has 0 fully saturated rings. The molecule has 1 aromatic rings. The van der Waals surface area contributed by atoms with E-state index in [4.69, 9.17) is 4.74 Å². The molecule has 3 nitrogen and oxygen atoms in total. The van der Waals surface area contributed by atoms with Gasteiger partial charge in [0.1, 0.15) is 11.4 Å². The molecule has 1 aromatic carbocycles. The summed E-state index contributed by atoms with van der Waals surface area (Å²) in [6, 6.07) is 0.883. The van der Waals surface area contributed by atoms with Crippen molar-refractivity contribution >= 4 is 6.09 Å². The van der Waals surface area contributed by atoms with E-state index >= 15 is 0 Å². The van der Waals surface area contributed by atoms with E-state index in [-0.39, 0.29) is 12.0 Å². The number of halogens is 3. The van der Waals surface area contributed by atoms with Crippen LogP contribution in [-0.2, 0) is 11.2 Å². The number of ether oxygens (including phenoxy) is 1. The third kappa shape index (κ3) is 5.65. The monoisotopic (exact) mass is 303 g/mol. The summed E-state index contributed by atoms with van der Waals surface area (Å²) in [4.78, 5) is 11.7. The van der Waals surface area contributed by atoms with E-state index in [1.54, 1.807) is 27.7 Å². The normalized spacial score (nSPS) is 12.9. The Hall–Kier alpha value is -1.72. The lowest BCUT2D eigenvalue weighted by Crippen LogP contribution is -2.40. The molecule has 1 amide bonds. The molecule has 0 heterocycles. The van der Waals surface area contributed by atoms with Gasteiger partial charge in [-0.3, -0.25) is 0 Å². The second-order valence-electron chi connectivity index (χ2n) is 5.81. The summed E-state index contributed by atoms with van der Waals surface area (Å²) < 4.78 is 44.7. The summed E-state index contributed by atoms with van der Waals surface area (Å²) in [5.41, 5.74) is -0.632. The molecule has 0 aliphatic carbocycles. The van der Waals surface area contributed by atoms with Crippen LogP contribution in [0.1, 0.15) is 39.7 Å². The lowest BCUT2D eigenvalue weighted by Gasteiger charge is -2.23. The van der Waals surface area contributed by atoms with Crippen molar-refractivity contribution < 1.29 is 22.7 Å². The van der Waals surface area contributed by atoms with Crippen molar-refractivity contribution in [2.45, 2.75) is 52.2 Å². The van der Waals surface area contributed by atoms with E-state index in [1.807, 2.05) is 0 Å². The molecule has 1 N–H and O–H groups in total. The van der Waals surface area contributed by atoms with Gasteiger partial charge in [0.15, 0.2) is 11.6 Å².